The molecule has 3 N–H and O–H groups in total. The molecule has 1 saturated heterocycles. The zero-order chi connectivity index (χ0) is 35.3. The summed E-state index contributed by atoms with van der Waals surface area (Å²) < 4.78 is 17.5. The number of hydrogen-bond donors (Lipinski definition) is 3. The maximum atomic E-state index is 14.1. The Hall–Kier alpha value is -5.44. The highest BCUT2D eigenvalue weighted by Gasteiger charge is 2.33. The summed E-state index contributed by atoms with van der Waals surface area (Å²) in [5, 5.41) is 9.44. The first-order chi connectivity index (χ1) is 25.1. The molecule has 0 aliphatic carbocycles. The molecule has 1 fully saturated rings. The molecule has 5 aromatic carbocycles. The van der Waals surface area contributed by atoms with Gasteiger partial charge >= 0.3 is 6.09 Å². The monoisotopic (exact) mass is 683 g/mol. The number of anilines is 1. The first-order valence-electron chi connectivity index (χ1n) is 17.5. The summed E-state index contributed by atoms with van der Waals surface area (Å²) >= 11 is 0. The Kier molecular flexibility index (Phi) is 12.5. The highest BCUT2D eigenvalue weighted by atomic mass is 16.5. The molecule has 8 nitrogen and oxygen atoms in total. The Balaban J connectivity index is 1.07. The molecule has 5 aromatic rings. The quantitative estimate of drug-likeness (QED) is 0.115. The van der Waals surface area contributed by atoms with Gasteiger partial charge in [-0.15, -0.1) is 0 Å². The predicted octanol–water partition coefficient (Wildman–Crippen LogP) is 7.14. The third-order valence-electron chi connectivity index (χ3n) is 9.14. The first kappa shape index (κ1) is 35.4. The van der Waals surface area contributed by atoms with Gasteiger partial charge in [0.25, 0.3) is 0 Å². The lowest BCUT2D eigenvalue weighted by molar-refractivity contribution is -0.118. The lowest BCUT2D eigenvalue weighted by atomic mass is 9.84. The molecule has 262 valence electrons. The van der Waals surface area contributed by atoms with Gasteiger partial charge in [-0.2, -0.15) is 0 Å². The fourth-order valence-electron chi connectivity index (χ4n) is 6.54. The van der Waals surface area contributed by atoms with Crippen LogP contribution in [0.2, 0.25) is 0 Å². The molecule has 0 radical (unpaired) electrons. The number of carbonyl (C=O) groups is 2. The van der Waals surface area contributed by atoms with Gasteiger partial charge in [-0.3, -0.25) is 4.79 Å². The van der Waals surface area contributed by atoms with Crippen molar-refractivity contribution in [2.24, 2.45) is 0 Å². The van der Waals surface area contributed by atoms with Gasteiger partial charge in [0.15, 0.2) is 0 Å². The normalized spacial score (nSPS) is 16.2. The van der Waals surface area contributed by atoms with E-state index in [2.05, 4.69) is 52.3 Å². The van der Waals surface area contributed by atoms with Crippen LogP contribution in [0.15, 0.2) is 140 Å². The van der Waals surface area contributed by atoms with Crippen LogP contribution < -0.4 is 20.7 Å². The Labute approximate surface area is 300 Å². The number of benzene rings is 5. The second-order valence-corrected chi connectivity index (χ2v) is 12.8. The summed E-state index contributed by atoms with van der Waals surface area (Å²) in [6, 6.07) is 44.9. The molecule has 0 saturated carbocycles. The average molecular weight is 684 g/mol. The molecule has 1 aliphatic rings. The molecule has 8 heteroatoms. The van der Waals surface area contributed by atoms with E-state index < -0.39 is 18.1 Å². The average Bonchev–Trinajstić information content (AvgIpc) is 3.18. The maximum absolute atomic E-state index is 14.1. The minimum Gasteiger partial charge on any atom is -0.491 e. The predicted molar refractivity (Wildman–Crippen MR) is 200 cm³/mol. The minimum atomic E-state index is -0.943. The van der Waals surface area contributed by atoms with Crippen molar-refractivity contribution in [3.63, 3.8) is 0 Å². The lowest BCUT2D eigenvalue weighted by Crippen LogP contribution is -2.48. The van der Waals surface area contributed by atoms with Crippen molar-refractivity contribution < 1.29 is 23.8 Å². The molecule has 2 amide bonds. The van der Waals surface area contributed by atoms with Gasteiger partial charge in [-0.05, 0) is 65.3 Å². The smallest absolute Gasteiger partial charge is 0.407 e. The van der Waals surface area contributed by atoms with Crippen LogP contribution in [0.25, 0.3) is 0 Å². The molecule has 0 spiro atoms. The highest BCUT2D eigenvalue weighted by molar-refractivity contribution is 5.98. The van der Waals surface area contributed by atoms with E-state index in [1.54, 1.807) is 0 Å². The van der Waals surface area contributed by atoms with Gasteiger partial charge in [-0.1, -0.05) is 121 Å². The molecule has 3 atom stereocenters. The van der Waals surface area contributed by atoms with Crippen LogP contribution in [0.4, 0.5) is 10.5 Å². The van der Waals surface area contributed by atoms with Gasteiger partial charge in [0.2, 0.25) is 5.91 Å². The number of rotatable bonds is 14. The van der Waals surface area contributed by atoms with Crippen LogP contribution >= 0.6 is 0 Å². The largest absolute Gasteiger partial charge is 0.491 e. The number of carbonyl (C=O) groups excluding carboxylic acids is 2. The van der Waals surface area contributed by atoms with Gasteiger partial charge in [0.1, 0.15) is 24.5 Å². The fourth-order valence-corrected chi connectivity index (χ4v) is 6.54. The zero-order valence-electron chi connectivity index (χ0n) is 28.9. The van der Waals surface area contributed by atoms with E-state index >= 15 is 0 Å². The first-order valence-corrected chi connectivity index (χ1v) is 17.5. The van der Waals surface area contributed by atoms with E-state index in [4.69, 9.17) is 14.2 Å². The van der Waals surface area contributed by atoms with Crippen LogP contribution in [-0.2, 0) is 27.1 Å². The summed E-state index contributed by atoms with van der Waals surface area (Å²) in [4.78, 5) is 26.7. The Bertz CT molecular complexity index is 1780. The topological polar surface area (TPSA) is 97.9 Å². The summed E-state index contributed by atoms with van der Waals surface area (Å²) in [7, 11) is 1.29. The minimum absolute atomic E-state index is 0.0152. The van der Waals surface area contributed by atoms with E-state index in [9.17, 15) is 9.59 Å². The Morgan fingerprint density at radius 3 is 2.00 bits per heavy atom. The van der Waals surface area contributed by atoms with Crippen LogP contribution in [-0.4, -0.2) is 57.1 Å². The number of alkyl carbamates (subject to hydrolysis) is 1. The molecule has 51 heavy (non-hydrogen) atoms. The number of morpholine rings is 1. The lowest BCUT2D eigenvalue weighted by Gasteiger charge is -2.31. The van der Waals surface area contributed by atoms with Crippen LogP contribution in [0, 0.1) is 0 Å². The van der Waals surface area contributed by atoms with Gasteiger partial charge in [0.05, 0.1) is 13.2 Å². The maximum Gasteiger partial charge on any atom is 0.407 e. The van der Waals surface area contributed by atoms with E-state index in [0.29, 0.717) is 25.3 Å². The van der Waals surface area contributed by atoms with Gasteiger partial charge in [-0.25, -0.2) is 4.79 Å². The third-order valence-corrected chi connectivity index (χ3v) is 9.14. The molecular formula is C43H45N3O5. The highest BCUT2D eigenvalue weighted by Crippen LogP contribution is 2.30. The zero-order valence-corrected chi connectivity index (χ0v) is 28.9. The number of ether oxygens (including phenoxy) is 3. The van der Waals surface area contributed by atoms with E-state index in [1.165, 1.54) is 18.2 Å². The SMILES string of the molecule is COC(=O)N[C@H](C(=O)Nc1ccccc1CC[C@@H]1CNC[C@@H](COc2ccc(Cc3ccccc3)cc2)O1)C(c1ccccc1)c1ccccc1. The molecule has 1 aliphatic heterocycles. The standard InChI is InChI=1S/C43H45N3O5/c1-49-43(48)46-41(40(34-16-7-3-8-17-34)35-18-9-4-10-19-35)42(47)45-39-20-12-11-15-33(39)23-26-37-28-44-29-38(51-37)30-50-36-24-21-32(22-25-36)27-31-13-5-2-6-14-31/h2-22,24-25,37-38,40-41,44H,23,26-30H2,1H3,(H,45,47)(H,46,48)/t37-,38+,41+/m1/s1. The van der Waals surface area contributed by atoms with E-state index in [-0.39, 0.29) is 18.1 Å². The molecule has 6 rings (SSSR count). The molecule has 0 unspecified atom stereocenters. The molecule has 1 heterocycles. The number of nitrogens with one attached hydrogen (secondary N) is 3. The van der Waals surface area contributed by atoms with E-state index in [1.807, 2.05) is 103 Å². The third kappa shape index (κ3) is 10.1. The number of aryl methyl sites for hydroxylation is 1. The van der Waals surface area contributed by atoms with Crippen molar-refractivity contribution >= 4 is 17.7 Å². The van der Waals surface area contributed by atoms with Crippen molar-refractivity contribution in [3.05, 3.63) is 167 Å². The van der Waals surface area contributed by atoms with E-state index in [0.717, 1.165) is 41.8 Å². The Morgan fingerprint density at radius 1 is 0.745 bits per heavy atom. The van der Waals surface area contributed by atoms with Crippen molar-refractivity contribution in [2.75, 3.05) is 32.1 Å². The molecule has 0 aromatic heterocycles. The number of amides is 2. The second kappa shape index (κ2) is 18.0. The number of para-hydroxylation sites is 1. The number of hydrogen-bond acceptors (Lipinski definition) is 6. The van der Waals surface area contributed by atoms with Crippen molar-refractivity contribution in [3.8, 4) is 5.75 Å². The molecule has 0 bridgehead atoms. The van der Waals surface area contributed by atoms with Crippen LogP contribution in [0.3, 0.4) is 0 Å². The Morgan fingerprint density at radius 2 is 1.33 bits per heavy atom. The fraction of sp³-hybridized carbons (Fsp3) is 0.256. The summed E-state index contributed by atoms with van der Waals surface area (Å²) in [5.74, 6) is 0.0298. The van der Waals surface area contributed by atoms with Crippen molar-refractivity contribution in [2.45, 2.75) is 43.4 Å². The van der Waals surface area contributed by atoms with Gasteiger partial charge < -0.3 is 30.2 Å². The van der Waals surface area contributed by atoms with Crippen molar-refractivity contribution in [1.82, 2.24) is 10.6 Å². The summed E-state index contributed by atoms with van der Waals surface area (Å²) in [6.45, 7) is 1.90. The van der Waals surface area contributed by atoms with Crippen LogP contribution in [0.1, 0.15) is 40.2 Å². The van der Waals surface area contributed by atoms with Gasteiger partial charge in [0, 0.05) is 24.7 Å². The second-order valence-electron chi connectivity index (χ2n) is 12.8. The molecular weight excluding hydrogens is 638 g/mol. The summed E-state index contributed by atoms with van der Waals surface area (Å²) in [6.07, 6.45) is 1.55. The number of methoxy groups -OCH3 is 1. The summed E-state index contributed by atoms with van der Waals surface area (Å²) in [5.41, 5.74) is 5.99. The van der Waals surface area contributed by atoms with Crippen molar-refractivity contribution in [1.29, 1.82) is 0 Å². The van der Waals surface area contributed by atoms with Crippen LogP contribution in [0.5, 0.6) is 5.75 Å².